The molecule has 0 aliphatic heterocycles. The molecule has 2 aliphatic rings. The molecule has 2 aliphatic carbocycles. The van der Waals surface area contributed by atoms with Crippen molar-refractivity contribution in [2.75, 3.05) is 6.54 Å². The SMILES string of the molecule is CC1C2CCC1CC(CN)C2. The van der Waals surface area contributed by atoms with E-state index in [1.54, 1.807) is 0 Å². The Morgan fingerprint density at radius 1 is 1.18 bits per heavy atom. The summed E-state index contributed by atoms with van der Waals surface area (Å²) in [6, 6.07) is 0. The summed E-state index contributed by atoms with van der Waals surface area (Å²) < 4.78 is 0. The summed E-state index contributed by atoms with van der Waals surface area (Å²) >= 11 is 0. The highest BCUT2D eigenvalue weighted by Gasteiger charge is 2.39. The fourth-order valence-electron chi connectivity index (χ4n) is 3.15. The summed E-state index contributed by atoms with van der Waals surface area (Å²) in [7, 11) is 0. The van der Waals surface area contributed by atoms with E-state index in [1.807, 2.05) is 0 Å². The van der Waals surface area contributed by atoms with E-state index in [-0.39, 0.29) is 0 Å². The van der Waals surface area contributed by atoms with Crippen molar-refractivity contribution >= 4 is 0 Å². The molecule has 2 fully saturated rings. The predicted octanol–water partition coefficient (Wildman–Crippen LogP) is 2.02. The van der Waals surface area contributed by atoms with Crippen molar-refractivity contribution in [1.82, 2.24) is 0 Å². The van der Waals surface area contributed by atoms with Gasteiger partial charge in [0.25, 0.3) is 0 Å². The predicted molar refractivity (Wildman–Crippen MR) is 47.2 cm³/mol. The zero-order chi connectivity index (χ0) is 7.84. The van der Waals surface area contributed by atoms with Gasteiger partial charge >= 0.3 is 0 Å². The first-order chi connectivity index (χ1) is 5.31. The molecule has 2 rings (SSSR count). The summed E-state index contributed by atoms with van der Waals surface area (Å²) in [5.74, 6) is 3.94. The molecule has 64 valence electrons. The molecule has 0 aromatic heterocycles. The normalized spacial score (nSPS) is 49.6. The van der Waals surface area contributed by atoms with Crippen molar-refractivity contribution in [2.24, 2.45) is 29.4 Å². The highest BCUT2D eigenvalue weighted by atomic mass is 14.6. The van der Waals surface area contributed by atoms with Crippen LogP contribution in [-0.4, -0.2) is 6.54 Å². The molecule has 0 saturated heterocycles. The highest BCUT2D eigenvalue weighted by Crippen LogP contribution is 2.48. The van der Waals surface area contributed by atoms with Crippen molar-refractivity contribution in [3.8, 4) is 0 Å². The number of nitrogens with two attached hydrogens (primary N) is 1. The smallest absolute Gasteiger partial charge is 0.00487 e. The third-order valence-corrected chi connectivity index (χ3v) is 4.00. The van der Waals surface area contributed by atoms with Crippen molar-refractivity contribution in [1.29, 1.82) is 0 Å². The number of rotatable bonds is 1. The second-order valence-electron chi connectivity index (χ2n) is 4.53. The lowest BCUT2D eigenvalue weighted by Gasteiger charge is -2.32. The largest absolute Gasteiger partial charge is 0.330 e. The van der Waals surface area contributed by atoms with Crippen LogP contribution in [0, 0.1) is 23.7 Å². The Morgan fingerprint density at radius 3 is 2.18 bits per heavy atom. The van der Waals surface area contributed by atoms with Crippen LogP contribution in [0.3, 0.4) is 0 Å². The number of hydrogen-bond donors (Lipinski definition) is 1. The Hall–Kier alpha value is -0.0400. The lowest BCUT2D eigenvalue weighted by atomic mass is 9.74. The van der Waals surface area contributed by atoms with Crippen LogP contribution in [0.25, 0.3) is 0 Å². The molecule has 2 bridgehead atoms. The average molecular weight is 153 g/mol. The second-order valence-corrected chi connectivity index (χ2v) is 4.53. The highest BCUT2D eigenvalue weighted by molar-refractivity contribution is 4.90. The molecule has 0 radical (unpaired) electrons. The summed E-state index contributed by atoms with van der Waals surface area (Å²) in [6.45, 7) is 3.37. The van der Waals surface area contributed by atoms with Crippen LogP contribution in [0.2, 0.25) is 0 Å². The molecule has 0 aromatic rings. The monoisotopic (exact) mass is 153 g/mol. The lowest BCUT2D eigenvalue weighted by molar-refractivity contribution is 0.187. The van der Waals surface area contributed by atoms with Gasteiger partial charge in [-0.3, -0.25) is 0 Å². The second kappa shape index (κ2) is 2.78. The van der Waals surface area contributed by atoms with E-state index in [1.165, 1.54) is 25.7 Å². The summed E-state index contributed by atoms with van der Waals surface area (Å²) in [5, 5.41) is 0. The van der Waals surface area contributed by atoms with Crippen LogP contribution < -0.4 is 5.73 Å². The van der Waals surface area contributed by atoms with Gasteiger partial charge in [0.05, 0.1) is 0 Å². The maximum Gasteiger partial charge on any atom is -0.00487 e. The average Bonchev–Trinajstić information content (AvgIpc) is 2.26. The fraction of sp³-hybridized carbons (Fsp3) is 1.00. The molecule has 2 atom stereocenters. The quantitative estimate of drug-likeness (QED) is 0.612. The van der Waals surface area contributed by atoms with Crippen LogP contribution in [0.1, 0.15) is 32.6 Å². The minimum atomic E-state index is 0.865. The van der Waals surface area contributed by atoms with Crippen molar-refractivity contribution < 1.29 is 0 Å². The van der Waals surface area contributed by atoms with Gasteiger partial charge in [0.15, 0.2) is 0 Å². The van der Waals surface area contributed by atoms with Crippen molar-refractivity contribution in [2.45, 2.75) is 32.6 Å². The minimum absolute atomic E-state index is 0.865. The van der Waals surface area contributed by atoms with E-state index in [0.717, 1.165) is 30.2 Å². The molecule has 2 saturated carbocycles. The first-order valence-electron chi connectivity index (χ1n) is 5.01. The van der Waals surface area contributed by atoms with E-state index in [4.69, 9.17) is 5.73 Å². The molecular weight excluding hydrogens is 134 g/mol. The van der Waals surface area contributed by atoms with Crippen LogP contribution in [0.5, 0.6) is 0 Å². The van der Waals surface area contributed by atoms with Crippen molar-refractivity contribution in [3.63, 3.8) is 0 Å². The zero-order valence-corrected chi connectivity index (χ0v) is 7.42. The third kappa shape index (κ3) is 1.20. The maximum absolute atomic E-state index is 5.70. The van der Waals surface area contributed by atoms with Crippen molar-refractivity contribution in [3.05, 3.63) is 0 Å². The summed E-state index contributed by atoms with van der Waals surface area (Å²) in [6.07, 6.45) is 5.83. The van der Waals surface area contributed by atoms with E-state index >= 15 is 0 Å². The molecule has 0 amide bonds. The Balaban J connectivity index is 2.02. The third-order valence-electron chi connectivity index (χ3n) is 4.00. The molecule has 0 aromatic carbocycles. The van der Waals surface area contributed by atoms with Gasteiger partial charge in [-0.05, 0) is 55.9 Å². The Morgan fingerprint density at radius 2 is 1.73 bits per heavy atom. The van der Waals surface area contributed by atoms with E-state index in [9.17, 15) is 0 Å². The standard InChI is InChI=1S/C10H19N/c1-7-9-2-3-10(7)5-8(4-9)6-11/h7-10H,2-6,11H2,1H3. The lowest BCUT2D eigenvalue weighted by Crippen LogP contribution is -2.28. The van der Waals surface area contributed by atoms with Crippen LogP contribution in [0.15, 0.2) is 0 Å². The van der Waals surface area contributed by atoms with Gasteiger partial charge in [-0.2, -0.15) is 0 Å². The summed E-state index contributed by atoms with van der Waals surface area (Å²) in [4.78, 5) is 0. The molecule has 11 heavy (non-hydrogen) atoms. The van der Waals surface area contributed by atoms with E-state index in [2.05, 4.69) is 6.92 Å². The van der Waals surface area contributed by atoms with Gasteiger partial charge in [0, 0.05) is 0 Å². The van der Waals surface area contributed by atoms with Gasteiger partial charge in [0.1, 0.15) is 0 Å². The van der Waals surface area contributed by atoms with Gasteiger partial charge in [0.2, 0.25) is 0 Å². The van der Waals surface area contributed by atoms with Gasteiger partial charge in [-0.25, -0.2) is 0 Å². The first-order valence-corrected chi connectivity index (χ1v) is 5.01. The zero-order valence-electron chi connectivity index (χ0n) is 7.42. The molecule has 0 spiro atoms. The molecule has 1 nitrogen and oxygen atoms in total. The molecule has 2 unspecified atom stereocenters. The Labute approximate surface area is 69.4 Å². The van der Waals surface area contributed by atoms with Crippen LogP contribution in [-0.2, 0) is 0 Å². The maximum atomic E-state index is 5.70. The van der Waals surface area contributed by atoms with E-state index < -0.39 is 0 Å². The minimum Gasteiger partial charge on any atom is -0.330 e. The fourth-order valence-corrected chi connectivity index (χ4v) is 3.15. The topological polar surface area (TPSA) is 26.0 Å². The molecular formula is C10H19N. The first kappa shape index (κ1) is 7.60. The number of fused-ring (bicyclic) bond motifs is 2. The number of hydrogen-bond acceptors (Lipinski definition) is 1. The van der Waals surface area contributed by atoms with Crippen LogP contribution >= 0.6 is 0 Å². The summed E-state index contributed by atoms with van der Waals surface area (Å²) in [5.41, 5.74) is 5.70. The molecule has 1 heteroatoms. The Bertz CT molecular complexity index is 130. The van der Waals surface area contributed by atoms with Gasteiger partial charge < -0.3 is 5.73 Å². The Kier molecular flexibility index (Phi) is 1.92. The van der Waals surface area contributed by atoms with E-state index in [0.29, 0.717) is 0 Å². The van der Waals surface area contributed by atoms with Crippen LogP contribution in [0.4, 0.5) is 0 Å². The van der Waals surface area contributed by atoms with Gasteiger partial charge in [-0.15, -0.1) is 0 Å². The van der Waals surface area contributed by atoms with Gasteiger partial charge in [-0.1, -0.05) is 6.92 Å². The molecule has 0 heterocycles. The molecule has 2 N–H and O–H groups in total.